The van der Waals surface area contributed by atoms with Crippen LogP contribution in [0.5, 0.6) is 0 Å². The predicted molar refractivity (Wildman–Crippen MR) is 92.3 cm³/mol. The highest BCUT2D eigenvalue weighted by Crippen LogP contribution is 2.15. The average molecular weight is 338 g/mol. The number of cyclic esters (lactones) is 1. The van der Waals surface area contributed by atoms with E-state index in [1.54, 1.807) is 47.4 Å². The fraction of sp³-hybridized carbons (Fsp3) is 0.211. The summed E-state index contributed by atoms with van der Waals surface area (Å²) in [7, 11) is 0. The summed E-state index contributed by atoms with van der Waals surface area (Å²) in [5.74, 6) is -1.28. The van der Waals surface area contributed by atoms with E-state index in [1.807, 2.05) is 13.0 Å². The van der Waals surface area contributed by atoms with Gasteiger partial charge < -0.3 is 15.0 Å². The van der Waals surface area contributed by atoms with E-state index in [1.165, 1.54) is 0 Å². The first-order valence-corrected chi connectivity index (χ1v) is 7.96. The molecule has 25 heavy (non-hydrogen) atoms. The number of aryl methyl sites for hydroxylation is 1. The first-order chi connectivity index (χ1) is 12.0. The van der Waals surface area contributed by atoms with Gasteiger partial charge in [0.1, 0.15) is 6.61 Å². The first-order valence-electron chi connectivity index (χ1n) is 7.96. The SMILES string of the molecule is Cc1ccc(C(=O)C(=O)Nc2cccc(CN3CCOC3=O)c2)cc1. The normalized spacial score (nSPS) is 13.5. The zero-order chi connectivity index (χ0) is 17.8. The first kappa shape index (κ1) is 16.7. The van der Waals surface area contributed by atoms with Crippen molar-refractivity contribution >= 4 is 23.5 Å². The van der Waals surface area contributed by atoms with Crippen molar-refractivity contribution in [3.8, 4) is 0 Å². The van der Waals surface area contributed by atoms with Gasteiger partial charge in [0.15, 0.2) is 0 Å². The number of benzene rings is 2. The fourth-order valence-electron chi connectivity index (χ4n) is 2.56. The van der Waals surface area contributed by atoms with Gasteiger partial charge >= 0.3 is 6.09 Å². The standard InChI is InChI=1S/C19H18N2O4/c1-13-5-7-15(8-6-13)17(22)18(23)20-16-4-2-3-14(11-16)12-21-9-10-25-19(21)24/h2-8,11H,9-10,12H2,1H3,(H,20,23). The monoisotopic (exact) mass is 338 g/mol. The topological polar surface area (TPSA) is 75.7 Å². The molecule has 0 bridgehead atoms. The average Bonchev–Trinajstić information content (AvgIpc) is 3.00. The fourth-order valence-corrected chi connectivity index (χ4v) is 2.56. The van der Waals surface area contributed by atoms with E-state index in [0.29, 0.717) is 30.9 Å². The molecular formula is C19H18N2O4. The van der Waals surface area contributed by atoms with Gasteiger partial charge in [-0.25, -0.2) is 4.79 Å². The second kappa shape index (κ2) is 7.17. The van der Waals surface area contributed by atoms with E-state index in [9.17, 15) is 14.4 Å². The molecule has 0 atom stereocenters. The van der Waals surface area contributed by atoms with E-state index >= 15 is 0 Å². The molecule has 2 aromatic rings. The zero-order valence-electron chi connectivity index (χ0n) is 13.8. The molecule has 1 N–H and O–H groups in total. The van der Waals surface area contributed by atoms with Gasteiger partial charge in [-0.15, -0.1) is 0 Å². The molecule has 1 aliphatic heterocycles. The number of carbonyl (C=O) groups excluding carboxylic acids is 3. The van der Waals surface area contributed by atoms with Crippen LogP contribution in [0.1, 0.15) is 21.5 Å². The van der Waals surface area contributed by atoms with Crippen molar-refractivity contribution in [3.63, 3.8) is 0 Å². The maximum absolute atomic E-state index is 12.2. The zero-order valence-corrected chi connectivity index (χ0v) is 13.8. The van der Waals surface area contributed by atoms with Crippen LogP contribution in [0.25, 0.3) is 0 Å². The van der Waals surface area contributed by atoms with Crippen molar-refractivity contribution in [2.24, 2.45) is 0 Å². The Morgan fingerprint density at radius 1 is 1.16 bits per heavy atom. The van der Waals surface area contributed by atoms with Crippen LogP contribution < -0.4 is 5.32 Å². The second-order valence-electron chi connectivity index (χ2n) is 5.89. The van der Waals surface area contributed by atoms with Crippen LogP contribution in [0.4, 0.5) is 10.5 Å². The summed E-state index contributed by atoms with van der Waals surface area (Å²) in [4.78, 5) is 37.4. The molecule has 0 aliphatic carbocycles. The lowest BCUT2D eigenvalue weighted by Gasteiger charge is -2.13. The van der Waals surface area contributed by atoms with Crippen LogP contribution in [-0.2, 0) is 16.1 Å². The highest BCUT2D eigenvalue weighted by Gasteiger charge is 2.22. The number of ketones is 1. The highest BCUT2D eigenvalue weighted by molar-refractivity contribution is 6.46. The minimum atomic E-state index is -0.693. The van der Waals surface area contributed by atoms with Crippen LogP contribution in [0, 0.1) is 6.92 Å². The molecule has 1 fully saturated rings. The Labute approximate surface area is 145 Å². The number of nitrogens with one attached hydrogen (secondary N) is 1. The molecule has 0 spiro atoms. The Kier molecular flexibility index (Phi) is 4.79. The van der Waals surface area contributed by atoms with Gasteiger partial charge in [-0.3, -0.25) is 9.59 Å². The number of Topliss-reactive ketones (excluding diaryl/α,β-unsaturated/α-hetero) is 1. The lowest BCUT2D eigenvalue weighted by molar-refractivity contribution is -0.112. The number of hydrogen-bond acceptors (Lipinski definition) is 4. The van der Waals surface area contributed by atoms with E-state index in [4.69, 9.17) is 4.74 Å². The van der Waals surface area contributed by atoms with E-state index in [-0.39, 0.29) is 6.09 Å². The Morgan fingerprint density at radius 2 is 1.92 bits per heavy atom. The summed E-state index contributed by atoms with van der Waals surface area (Å²) in [6, 6.07) is 13.9. The van der Waals surface area contributed by atoms with Crippen LogP contribution in [-0.4, -0.2) is 35.8 Å². The van der Waals surface area contributed by atoms with Crippen molar-refractivity contribution in [2.45, 2.75) is 13.5 Å². The molecule has 3 rings (SSSR count). The molecular weight excluding hydrogens is 320 g/mol. The van der Waals surface area contributed by atoms with Gasteiger partial charge in [-0.2, -0.15) is 0 Å². The van der Waals surface area contributed by atoms with Crippen molar-refractivity contribution in [1.29, 1.82) is 0 Å². The largest absolute Gasteiger partial charge is 0.448 e. The molecule has 6 nitrogen and oxygen atoms in total. The van der Waals surface area contributed by atoms with E-state index in [0.717, 1.165) is 11.1 Å². The molecule has 1 heterocycles. The Bertz CT molecular complexity index is 814. The summed E-state index contributed by atoms with van der Waals surface area (Å²) in [5, 5.41) is 2.61. The van der Waals surface area contributed by atoms with Gasteiger partial charge in [0.2, 0.25) is 0 Å². The third kappa shape index (κ3) is 4.03. The molecule has 1 aliphatic rings. The smallest absolute Gasteiger partial charge is 0.410 e. The van der Waals surface area contributed by atoms with Gasteiger partial charge in [0, 0.05) is 17.8 Å². The number of nitrogens with zero attached hydrogens (tertiary/aromatic N) is 1. The molecule has 6 heteroatoms. The summed E-state index contributed by atoms with van der Waals surface area (Å²) in [5.41, 5.74) is 2.72. The lowest BCUT2D eigenvalue weighted by atomic mass is 10.1. The van der Waals surface area contributed by atoms with Crippen LogP contribution in [0.2, 0.25) is 0 Å². The number of anilines is 1. The summed E-state index contributed by atoms with van der Waals surface area (Å²) < 4.78 is 4.89. The van der Waals surface area contributed by atoms with Crippen molar-refractivity contribution in [3.05, 3.63) is 65.2 Å². The molecule has 0 aromatic heterocycles. The molecule has 0 unspecified atom stereocenters. The molecule has 1 saturated heterocycles. The lowest BCUT2D eigenvalue weighted by Crippen LogP contribution is -2.24. The minimum Gasteiger partial charge on any atom is -0.448 e. The van der Waals surface area contributed by atoms with Gasteiger partial charge in [-0.1, -0.05) is 42.0 Å². The van der Waals surface area contributed by atoms with Crippen LogP contribution in [0.15, 0.2) is 48.5 Å². The number of hydrogen-bond donors (Lipinski definition) is 1. The highest BCUT2D eigenvalue weighted by atomic mass is 16.6. The summed E-state index contributed by atoms with van der Waals surface area (Å²) in [6.07, 6.45) is -0.344. The number of carbonyl (C=O) groups is 3. The maximum atomic E-state index is 12.2. The molecule has 128 valence electrons. The van der Waals surface area contributed by atoms with E-state index in [2.05, 4.69) is 5.32 Å². The number of rotatable bonds is 5. The van der Waals surface area contributed by atoms with Gasteiger partial charge in [0.25, 0.3) is 11.7 Å². The second-order valence-corrected chi connectivity index (χ2v) is 5.89. The van der Waals surface area contributed by atoms with Crippen molar-refractivity contribution in [2.75, 3.05) is 18.5 Å². The molecule has 0 radical (unpaired) electrons. The third-order valence-corrected chi connectivity index (χ3v) is 3.92. The number of amides is 2. The Hall–Kier alpha value is -3.15. The number of ether oxygens (including phenoxy) is 1. The summed E-state index contributed by atoms with van der Waals surface area (Å²) >= 11 is 0. The predicted octanol–water partition coefficient (Wildman–Crippen LogP) is 2.77. The Balaban J connectivity index is 1.66. The maximum Gasteiger partial charge on any atom is 0.410 e. The molecule has 2 aromatic carbocycles. The van der Waals surface area contributed by atoms with Gasteiger partial charge in [-0.05, 0) is 24.6 Å². The van der Waals surface area contributed by atoms with Crippen molar-refractivity contribution in [1.82, 2.24) is 4.90 Å². The van der Waals surface area contributed by atoms with Crippen LogP contribution in [0.3, 0.4) is 0 Å². The molecule has 2 amide bonds. The minimum absolute atomic E-state index is 0.344. The van der Waals surface area contributed by atoms with Crippen LogP contribution >= 0.6 is 0 Å². The van der Waals surface area contributed by atoms with Gasteiger partial charge in [0.05, 0.1) is 6.54 Å². The Morgan fingerprint density at radius 3 is 2.60 bits per heavy atom. The van der Waals surface area contributed by atoms with E-state index < -0.39 is 11.7 Å². The summed E-state index contributed by atoms with van der Waals surface area (Å²) in [6.45, 7) is 3.24. The third-order valence-electron chi connectivity index (χ3n) is 3.92. The quantitative estimate of drug-likeness (QED) is 0.672. The molecule has 0 saturated carbocycles. The van der Waals surface area contributed by atoms with Crippen molar-refractivity contribution < 1.29 is 19.1 Å².